The number of hydrogen-bond donors (Lipinski definition) is 2. The first-order chi connectivity index (χ1) is 8.15. The van der Waals surface area contributed by atoms with Crippen LogP contribution in [0.1, 0.15) is 0 Å². The summed E-state index contributed by atoms with van der Waals surface area (Å²) in [5.74, 6) is -0.371. The van der Waals surface area contributed by atoms with Crippen molar-refractivity contribution in [1.82, 2.24) is 0 Å². The van der Waals surface area contributed by atoms with Crippen LogP contribution in [-0.2, 0) is 11.0 Å². The Labute approximate surface area is 101 Å². The van der Waals surface area contributed by atoms with Crippen molar-refractivity contribution in [3.63, 3.8) is 0 Å². The molecule has 0 saturated heterocycles. The molecule has 3 nitrogen and oxygen atoms in total. The Morgan fingerprint density at radius 1 is 1.12 bits per heavy atom. The van der Waals surface area contributed by atoms with E-state index in [-0.39, 0.29) is 5.82 Å². The summed E-state index contributed by atoms with van der Waals surface area (Å²) in [6.07, 6.45) is 0. The standard InChI is InChI=1S/C12H11FN2OS/c13-9-2-1-3-11(8-9)15-17(16)12-6-4-10(14)5-7-12/h1-8,15H,14H2. The maximum Gasteiger partial charge on any atom is 0.150 e. The zero-order chi connectivity index (χ0) is 12.3. The summed E-state index contributed by atoms with van der Waals surface area (Å²) < 4.78 is 27.5. The van der Waals surface area contributed by atoms with E-state index in [1.54, 1.807) is 36.4 Å². The van der Waals surface area contributed by atoms with Crippen molar-refractivity contribution in [3.05, 3.63) is 54.3 Å². The minimum Gasteiger partial charge on any atom is -0.399 e. The Morgan fingerprint density at radius 3 is 2.47 bits per heavy atom. The van der Waals surface area contributed by atoms with E-state index in [1.165, 1.54) is 12.1 Å². The van der Waals surface area contributed by atoms with Gasteiger partial charge in [-0.1, -0.05) is 6.07 Å². The summed E-state index contributed by atoms with van der Waals surface area (Å²) in [5, 5.41) is 0. The van der Waals surface area contributed by atoms with Crippen LogP contribution in [0.4, 0.5) is 15.8 Å². The third-order valence-electron chi connectivity index (χ3n) is 2.13. The Kier molecular flexibility index (Phi) is 3.39. The van der Waals surface area contributed by atoms with Gasteiger partial charge >= 0.3 is 0 Å². The van der Waals surface area contributed by atoms with Gasteiger partial charge in [0.05, 0.1) is 4.90 Å². The van der Waals surface area contributed by atoms with E-state index < -0.39 is 11.0 Å². The monoisotopic (exact) mass is 250 g/mol. The topological polar surface area (TPSA) is 55.1 Å². The van der Waals surface area contributed by atoms with Gasteiger partial charge in [0.2, 0.25) is 0 Å². The molecule has 2 aromatic carbocycles. The fourth-order valence-corrected chi connectivity index (χ4v) is 2.15. The van der Waals surface area contributed by atoms with Gasteiger partial charge in [-0.2, -0.15) is 0 Å². The van der Waals surface area contributed by atoms with Gasteiger partial charge in [-0.3, -0.25) is 0 Å². The predicted molar refractivity (Wildman–Crippen MR) is 67.3 cm³/mol. The molecule has 0 spiro atoms. The number of rotatable bonds is 3. The molecule has 0 amide bonds. The highest BCUT2D eigenvalue weighted by molar-refractivity contribution is 7.86. The summed E-state index contributed by atoms with van der Waals surface area (Å²) in [7, 11) is -1.42. The lowest BCUT2D eigenvalue weighted by Crippen LogP contribution is -2.04. The highest BCUT2D eigenvalue weighted by Crippen LogP contribution is 2.14. The van der Waals surface area contributed by atoms with E-state index in [9.17, 15) is 8.60 Å². The molecule has 0 aliphatic carbocycles. The maximum atomic E-state index is 12.9. The van der Waals surface area contributed by atoms with Crippen LogP contribution in [0.5, 0.6) is 0 Å². The van der Waals surface area contributed by atoms with Gasteiger partial charge in [-0.25, -0.2) is 8.60 Å². The first-order valence-corrected chi connectivity index (χ1v) is 6.10. The molecule has 0 aliphatic rings. The van der Waals surface area contributed by atoms with Crippen LogP contribution < -0.4 is 10.5 Å². The van der Waals surface area contributed by atoms with Crippen molar-refractivity contribution in [2.75, 3.05) is 10.5 Å². The second kappa shape index (κ2) is 4.97. The molecule has 5 heteroatoms. The third-order valence-corrected chi connectivity index (χ3v) is 3.25. The van der Waals surface area contributed by atoms with E-state index in [1.807, 2.05) is 0 Å². The number of nitrogen functional groups attached to an aromatic ring is 1. The molecule has 1 atom stereocenters. The minimum absolute atomic E-state index is 0.371. The van der Waals surface area contributed by atoms with Crippen molar-refractivity contribution in [2.45, 2.75) is 4.90 Å². The highest BCUT2D eigenvalue weighted by Gasteiger charge is 2.04. The summed E-state index contributed by atoms with van der Waals surface area (Å²) in [4.78, 5) is 0.587. The fraction of sp³-hybridized carbons (Fsp3) is 0. The molecule has 2 aromatic rings. The molecule has 0 aromatic heterocycles. The van der Waals surface area contributed by atoms with Crippen LogP contribution in [0.3, 0.4) is 0 Å². The number of hydrogen-bond acceptors (Lipinski definition) is 2. The number of nitrogens with two attached hydrogens (primary N) is 1. The quantitative estimate of drug-likeness (QED) is 0.822. The van der Waals surface area contributed by atoms with Gasteiger partial charge in [0, 0.05) is 11.4 Å². The summed E-state index contributed by atoms with van der Waals surface area (Å²) in [6, 6.07) is 12.5. The number of nitrogens with one attached hydrogen (secondary N) is 1. The van der Waals surface area contributed by atoms with Crippen LogP contribution >= 0.6 is 0 Å². The van der Waals surface area contributed by atoms with Gasteiger partial charge in [0.1, 0.15) is 16.8 Å². The zero-order valence-corrected chi connectivity index (χ0v) is 9.71. The number of anilines is 2. The molecule has 2 rings (SSSR count). The SMILES string of the molecule is Nc1ccc(S(=O)Nc2cccc(F)c2)cc1. The molecule has 0 fully saturated rings. The predicted octanol–water partition coefficient (Wildman–Crippen LogP) is 2.54. The van der Waals surface area contributed by atoms with Crippen molar-refractivity contribution in [1.29, 1.82) is 0 Å². The summed E-state index contributed by atoms with van der Waals surface area (Å²) in [6.45, 7) is 0. The van der Waals surface area contributed by atoms with Gasteiger partial charge in [-0.05, 0) is 42.5 Å². The third kappa shape index (κ3) is 3.04. The van der Waals surface area contributed by atoms with Gasteiger partial charge in [0.25, 0.3) is 0 Å². The molecule has 17 heavy (non-hydrogen) atoms. The molecule has 88 valence electrons. The lowest BCUT2D eigenvalue weighted by atomic mass is 10.3. The zero-order valence-electron chi connectivity index (χ0n) is 8.89. The highest BCUT2D eigenvalue weighted by atomic mass is 32.2. The smallest absolute Gasteiger partial charge is 0.150 e. The van der Waals surface area contributed by atoms with Crippen molar-refractivity contribution in [3.8, 4) is 0 Å². The van der Waals surface area contributed by atoms with Crippen LogP contribution in [0, 0.1) is 5.82 Å². The van der Waals surface area contributed by atoms with Crippen LogP contribution in [0.2, 0.25) is 0 Å². The van der Waals surface area contributed by atoms with Gasteiger partial charge in [0.15, 0.2) is 0 Å². The molecular weight excluding hydrogens is 239 g/mol. The second-order valence-electron chi connectivity index (χ2n) is 3.45. The molecule has 1 unspecified atom stereocenters. The van der Waals surface area contributed by atoms with E-state index in [2.05, 4.69) is 4.72 Å². The second-order valence-corrected chi connectivity index (χ2v) is 4.66. The van der Waals surface area contributed by atoms with Gasteiger partial charge in [-0.15, -0.1) is 0 Å². The normalized spacial score (nSPS) is 12.1. The van der Waals surface area contributed by atoms with Crippen LogP contribution in [0.25, 0.3) is 0 Å². The van der Waals surface area contributed by atoms with E-state index in [0.717, 1.165) is 0 Å². The van der Waals surface area contributed by atoms with E-state index in [0.29, 0.717) is 16.3 Å². The molecule has 3 N–H and O–H groups in total. The summed E-state index contributed by atoms with van der Waals surface area (Å²) >= 11 is 0. The molecule has 0 heterocycles. The molecule has 0 saturated carbocycles. The van der Waals surface area contributed by atoms with Crippen molar-refractivity contribution >= 4 is 22.4 Å². The van der Waals surface area contributed by atoms with Crippen molar-refractivity contribution in [2.24, 2.45) is 0 Å². The Bertz CT molecular complexity index is 542. The lowest BCUT2D eigenvalue weighted by molar-refractivity contribution is 0.628. The first kappa shape index (κ1) is 11.6. The maximum absolute atomic E-state index is 12.9. The number of benzene rings is 2. The van der Waals surface area contributed by atoms with E-state index >= 15 is 0 Å². The molecule has 0 radical (unpaired) electrons. The Balaban J connectivity index is 2.14. The van der Waals surface area contributed by atoms with E-state index in [4.69, 9.17) is 5.73 Å². The fourth-order valence-electron chi connectivity index (χ4n) is 1.31. The van der Waals surface area contributed by atoms with Crippen molar-refractivity contribution < 1.29 is 8.60 Å². The largest absolute Gasteiger partial charge is 0.399 e. The Hall–Kier alpha value is -1.88. The average Bonchev–Trinajstić information content (AvgIpc) is 2.29. The lowest BCUT2D eigenvalue weighted by Gasteiger charge is -2.06. The number of halogens is 1. The Morgan fingerprint density at radius 2 is 1.82 bits per heavy atom. The first-order valence-electron chi connectivity index (χ1n) is 4.95. The summed E-state index contributed by atoms with van der Waals surface area (Å²) in [5.41, 5.74) is 6.61. The molecular formula is C12H11FN2OS. The van der Waals surface area contributed by atoms with Crippen LogP contribution in [-0.4, -0.2) is 4.21 Å². The molecule has 0 bridgehead atoms. The minimum atomic E-state index is -1.42. The van der Waals surface area contributed by atoms with Crippen LogP contribution in [0.15, 0.2) is 53.4 Å². The van der Waals surface area contributed by atoms with Gasteiger partial charge < -0.3 is 10.5 Å². The average molecular weight is 250 g/mol. The molecule has 0 aliphatic heterocycles.